The summed E-state index contributed by atoms with van der Waals surface area (Å²) in [4.78, 5) is 35.7. The molecule has 0 fully saturated rings. The number of benzene rings is 3. The maximum atomic E-state index is 13.2. The lowest BCUT2D eigenvalue weighted by Gasteiger charge is -2.07. The highest BCUT2D eigenvalue weighted by Gasteiger charge is 2.17. The Bertz CT molecular complexity index is 1040. The van der Waals surface area contributed by atoms with Crippen molar-refractivity contribution in [1.82, 2.24) is 0 Å². The van der Waals surface area contributed by atoms with Crippen LogP contribution in [0.15, 0.2) is 54.6 Å². The Labute approximate surface area is 146 Å². The van der Waals surface area contributed by atoms with Crippen LogP contribution in [0, 0.1) is 11.6 Å². The molecule has 4 nitrogen and oxygen atoms in total. The first-order valence-corrected chi connectivity index (χ1v) is 7.64. The standard InChI is InChI=1S/C20H12F2O4/c21-14-7-13(8-15(22)9-14)18(23)10-19(24)17-3-1-2-11-6-12(20(25)26)4-5-16(11)17/h1-9H,10H2,(H,25,26). The molecule has 6 heteroatoms. The second-order valence-corrected chi connectivity index (χ2v) is 5.73. The Morgan fingerprint density at radius 2 is 1.50 bits per heavy atom. The summed E-state index contributed by atoms with van der Waals surface area (Å²) in [6.07, 6.45) is -0.553. The van der Waals surface area contributed by atoms with Crippen LogP contribution in [0.5, 0.6) is 0 Å². The number of carbonyl (C=O) groups is 3. The number of carboxylic acid groups (broad SMARTS) is 1. The van der Waals surface area contributed by atoms with Crippen LogP contribution < -0.4 is 0 Å². The molecule has 0 radical (unpaired) electrons. The van der Waals surface area contributed by atoms with E-state index in [-0.39, 0.29) is 16.7 Å². The maximum absolute atomic E-state index is 13.2. The minimum Gasteiger partial charge on any atom is -0.478 e. The summed E-state index contributed by atoms with van der Waals surface area (Å²) in [7, 11) is 0. The fourth-order valence-corrected chi connectivity index (χ4v) is 2.72. The van der Waals surface area contributed by atoms with E-state index in [0.717, 1.165) is 12.1 Å². The minimum atomic E-state index is -1.09. The van der Waals surface area contributed by atoms with E-state index in [1.54, 1.807) is 12.1 Å². The second-order valence-electron chi connectivity index (χ2n) is 5.73. The minimum absolute atomic E-state index is 0.0772. The van der Waals surface area contributed by atoms with Crippen LogP contribution in [0.4, 0.5) is 8.78 Å². The van der Waals surface area contributed by atoms with Gasteiger partial charge in [-0.15, -0.1) is 0 Å². The highest BCUT2D eigenvalue weighted by atomic mass is 19.1. The molecular weight excluding hydrogens is 342 g/mol. The fraction of sp³-hybridized carbons (Fsp3) is 0.0500. The molecule has 0 saturated carbocycles. The van der Waals surface area contributed by atoms with Gasteiger partial charge in [-0.05, 0) is 35.0 Å². The molecule has 3 rings (SSSR count). The monoisotopic (exact) mass is 354 g/mol. The van der Waals surface area contributed by atoms with E-state index < -0.39 is 35.6 Å². The van der Waals surface area contributed by atoms with Crippen molar-refractivity contribution in [2.75, 3.05) is 0 Å². The number of carboxylic acids is 1. The molecule has 0 heterocycles. The lowest BCUT2D eigenvalue weighted by Crippen LogP contribution is -2.10. The van der Waals surface area contributed by atoms with Crippen LogP contribution >= 0.6 is 0 Å². The lowest BCUT2D eigenvalue weighted by molar-refractivity contribution is 0.0696. The summed E-state index contributed by atoms with van der Waals surface area (Å²) in [5.74, 6) is -4.10. The molecule has 0 atom stereocenters. The highest BCUT2D eigenvalue weighted by Crippen LogP contribution is 2.22. The number of rotatable bonds is 5. The Balaban J connectivity index is 1.92. The number of Topliss-reactive ketones (excluding diaryl/α,β-unsaturated/α-hetero) is 2. The van der Waals surface area contributed by atoms with Gasteiger partial charge in [0.2, 0.25) is 0 Å². The summed E-state index contributed by atoms with van der Waals surface area (Å²) >= 11 is 0. The third-order valence-corrected chi connectivity index (χ3v) is 3.93. The van der Waals surface area contributed by atoms with Gasteiger partial charge in [-0.2, -0.15) is 0 Å². The largest absolute Gasteiger partial charge is 0.478 e. The van der Waals surface area contributed by atoms with Crippen LogP contribution in [0.25, 0.3) is 10.8 Å². The molecule has 1 N–H and O–H groups in total. The SMILES string of the molecule is O=C(O)c1ccc2c(C(=O)CC(=O)c3cc(F)cc(F)c3)cccc2c1. The first-order valence-electron chi connectivity index (χ1n) is 7.64. The molecule has 0 aliphatic rings. The molecule has 3 aromatic carbocycles. The van der Waals surface area contributed by atoms with Crippen molar-refractivity contribution in [3.05, 3.63) is 82.9 Å². The molecule has 0 spiro atoms. The predicted molar refractivity (Wildman–Crippen MR) is 90.5 cm³/mol. The van der Waals surface area contributed by atoms with E-state index in [9.17, 15) is 23.2 Å². The summed E-state index contributed by atoms with van der Waals surface area (Å²) in [5, 5.41) is 10.1. The predicted octanol–water partition coefficient (Wildman–Crippen LogP) is 4.27. The number of aromatic carboxylic acids is 1. The van der Waals surface area contributed by atoms with Crippen molar-refractivity contribution < 1.29 is 28.3 Å². The lowest BCUT2D eigenvalue weighted by atomic mass is 9.96. The van der Waals surface area contributed by atoms with Crippen LogP contribution in [-0.4, -0.2) is 22.6 Å². The highest BCUT2D eigenvalue weighted by molar-refractivity contribution is 6.18. The van der Waals surface area contributed by atoms with E-state index in [1.165, 1.54) is 24.3 Å². The zero-order valence-electron chi connectivity index (χ0n) is 13.3. The average molecular weight is 354 g/mol. The van der Waals surface area contributed by atoms with Gasteiger partial charge in [0.15, 0.2) is 11.6 Å². The van der Waals surface area contributed by atoms with Crippen LogP contribution in [-0.2, 0) is 0 Å². The van der Waals surface area contributed by atoms with Crippen molar-refractivity contribution in [2.45, 2.75) is 6.42 Å². The summed E-state index contributed by atoms with van der Waals surface area (Å²) in [6, 6.07) is 11.4. The molecule has 26 heavy (non-hydrogen) atoms. The van der Waals surface area contributed by atoms with Crippen LogP contribution in [0.1, 0.15) is 37.5 Å². The average Bonchev–Trinajstić information content (AvgIpc) is 2.59. The zero-order chi connectivity index (χ0) is 18.8. The van der Waals surface area contributed by atoms with Crippen molar-refractivity contribution in [3.63, 3.8) is 0 Å². The van der Waals surface area contributed by atoms with Gasteiger partial charge < -0.3 is 5.11 Å². The Morgan fingerprint density at radius 3 is 2.15 bits per heavy atom. The van der Waals surface area contributed by atoms with Gasteiger partial charge in [-0.3, -0.25) is 9.59 Å². The molecule has 0 unspecified atom stereocenters. The van der Waals surface area contributed by atoms with Crippen LogP contribution in [0.3, 0.4) is 0 Å². The summed E-state index contributed by atoms with van der Waals surface area (Å²) in [6.45, 7) is 0. The molecule has 0 saturated heterocycles. The molecular formula is C20H12F2O4. The van der Waals surface area contributed by atoms with E-state index in [4.69, 9.17) is 5.11 Å². The molecule has 0 amide bonds. The van der Waals surface area contributed by atoms with Gasteiger partial charge in [-0.25, -0.2) is 13.6 Å². The first-order chi connectivity index (χ1) is 12.3. The Kier molecular flexibility index (Phi) is 4.58. The van der Waals surface area contributed by atoms with E-state index in [1.807, 2.05) is 0 Å². The Morgan fingerprint density at radius 1 is 0.808 bits per heavy atom. The van der Waals surface area contributed by atoms with Gasteiger partial charge in [0, 0.05) is 17.2 Å². The second kappa shape index (κ2) is 6.84. The van der Waals surface area contributed by atoms with Gasteiger partial charge in [0.25, 0.3) is 0 Å². The normalized spacial score (nSPS) is 10.7. The molecule has 0 aromatic heterocycles. The topological polar surface area (TPSA) is 71.4 Å². The third kappa shape index (κ3) is 3.49. The Hall–Kier alpha value is -3.41. The smallest absolute Gasteiger partial charge is 0.335 e. The zero-order valence-corrected chi connectivity index (χ0v) is 13.3. The summed E-state index contributed by atoms with van der Waals surface area (Å²) < 4.78 is 26.5. The molecule has 0 aliphatic heterocycles. The van der Waals surface area contributed by atoms with Crippen molar-refractivity contribution in [3.8, 4) is 0 Å². The molecule has 0 bridgehead atoms. The maximum Gasteiger partial charge on any atom is 0.335 e. The van der Waals surface area contributed by atoms with E-state index in [2.05, 4.69) is 0 Å². The first kappa shape index (κ1) is 17.4. The van der Waals surface area contributed by atoms with Crippen molar-refractivity contribution >= 4 is 28.3 Å². The summed E-state index contributed by atoms with van der Waals surface area (Å²) in [5.41, 5.74) is 0.0994. The number of hydrogen-bond donors (Lipinski definition) is 1. The van der Waals surface area contributed by atoms with Crippen LogP contribution in [0.2, 0.25) is 0 Å². The number of carbonyl (C=O) groups excluding carboxylic acids is 2. The van der Waals surface area contributed by atoms with Crippen molar-refractivity contribution in [1.29, 1.82) is 0 Å². The number of halogens is 2. The van der Waals surface area contributed by atoms with Gasteiger partial charge >= 0.3 is 5.97 Å². The number of fused-ring (bicyclic) bond motifs is 1. The molecule has 0 aliphatic carbocycles. The quantitative estimate of drug-likeness (QED) is 0.549. The van der Waals surface area contributed by atoms with E-state index >= 15 is 0 Å². The fourth-order valence-electron chi connectivity index (χ4n) is 2.72. The molecule has 3 aromatic rings. The third-order valence-electron chi connectivity index (χ3n) is 3.93. The van der Waals surface area contributed by atoms with Crippen molar-refractivity contribution in [2.24, 2.45) is 0 Å². The van der Waals surface area contributed by atoms with Gasteiger partial charge in [0.1, 0.15) is 11.6 Å². The van der Waals surface area contributed by atoms with Gasteiger partial charge in [-0.1, -0.05) is 24.3 Å². The number of ketones is 2. The van der Waals surface area contributed by atoms with Gasteiger partial charge in [0.05, 0.1) is 12.0 Å². The van der Waals surface area contributed by atoms with E-state index in [0.29, 0.717) is 16.8 Å². The number of hydrogen-bond acceptors (Lipinski definition) is 3. The molecule has 130 valence electrons.